The highest BCUT2D eigenvalue weighted by Crippen LogP contribution is 2.32. The minimum absolute atomic E-state index is 0.00138. The van der Waals surface area contributed by atoms with Crippen molar-refractivity contribution in [2.45, 2.75) is 19.5 Å². The number of amides is 3. The van der Waals surface area contributed by atoms with Crippen LogP contribution in [0.4, 0.5) is 23.7 Å². The van der Waals surface area contributed by atoms with E-state index in [0.717, 1.165) is 17.7 Å². The van der Waals surface area contributed by atoms with Gasteiger partial charge in [-0.3, -0.25) is 4.79 Å². The van der Waals surface area contributed by atoms with E-state index in [2.05, 4.69) is 20.7 Å². The van der Waals surface area contributed by atoms with Crippen molar-refractivity contribution in [3.05, 3.63) is 83.4 Å². The van der Waals surface area contributed by atoms with Crippen LogP contribution in [0.2, 0.25) is 0 Å². The summed E-state index contributed by atoms with van der Waals surface area (Å²) < 4.78 is 52.4. The average molecular weight is 503 g/mol. The first-order valence-corrected chi connectivity index (χ1v) is 10.7. The fourth-order valence-corrected chi connectivity index (χ4v) is 3.17. The number of ether oxygens (including phenoxy) is 3. The Labute approximate surface area is 205 Å². The van der Waals surface area contributed by atoms with Gasteiger partial charge in [0.15, 0.2) is 0 Å². The summed E-state index contributed by atoms with van der Waals surface area (Å²) in [4.78, 5) is 24.1. The van der Waals surface area contributed by atoms with Crippen LogP contribution in [0.25, 0.3) is 0 Å². The Balaban J connectivity index is 1.61. The molecule has 11 heteroatoms. The Morgan fingerprint density at radius 1 is 0.944 bits per heavy atom. The number of halogens is 3. The van der Waals surface area contributed by atoms with Gasteiger partial charge in [-0.1, -0.05) is 30.3 Å². The molecule has 190 valence electrons. The predicted octanol–water partition coefficient (Wildman–Crippen LogP) is 4.85. The van der Waals surface area contributed by atoms with Gasteiger partial charge in [-0.25, -0.2) is 4.79 Å². The number of hydrogen-bond acceptors (Lipinski definition) is 5. The molecule has 3 aromatic carbocycles. The van der Waals surface area contributed by atoms with Gasteiger partial charge in [-0.2, -0.15) is 0 Å². The lowest BCUT2D eigenvalue weighted by molar-refractivity contribution is -0.274. The summed E-state index contributed by atoms with van der Waals surface area (Å²) in [6.45, 7) is 0.319. The van der Waals surface area contributed by atoms with Crippen molar-refractivity contribution in [2.75, 3.05) is 19.5 Å². The van der Waals surface area contributed by atoms with E-state index in [1.54, 1.807) is 55.6 Å². The van der Waals surface area contributed by atoms with Gasteiger partial charge in [0.05, 0.1) is 12.8 Å². The number of rotatable bonds is 9. The molecule has 0 spiro atoms. The van der Waals surface area contributed by atoms with Crippen LogP contribution in [0.15, 0.2) is 66.7 Å². The van der Waals surface area contributed by atoms with E-state index < -0.39 is 18.1 Å². The highest BCUT2D eigenvalue weighted by molar-refractivity contribution is 5.94. The van der Waals surface area contributed by atoms with E-state index in [4.69, 9.17) is 9.47 Å². The standard InChI is InChI=1S/C25H24F3N3O5/c1-29-23(32)17-9-7-16(8-10-17)15-35-21-6-4-3-5-18(21)14-30-24(33)31-20-13-19(36-25(26,27)28)11-12-22(20)34-2/h3-13H,14-15H2,1-2H3,(H,29,32)(H2,30,31,33). The molecule has 3 amide bonds. The number of benzene rings is 3. The Morgan fingerprint density at radius 3 is 2.33 bits per heavy atom. The summed E-state index contributed by atoms with van der Waals surface area (Å²) in [5, 5.41) is 7.65. The monoisotopic (exact) mass is 503 g/mol. The Morgan fingerprint density at radius 2 is 1.67 bits per heavy atom. The normalized spacial score (nSPS) is 10.8. The van der Waals surface area contributed by atoms with E-state index in [1.165, 1.54) is 13.2 Å². The molecule has 3 aromatic rings. The lowest BCUT2D eigenvalue weighted by atomic mass is 10.1. The van der Waals surface area contributed by atoms with Crippen molar-refractivity contribution >= 4 is 17.6 Å². The SMILES string of the molecule is CNC(=O)c1ccc(COc2ccccc2CNC(=O)Nc2cc(OC(F)(F)F)ccc2OC)cc1. The first kappa shape index (κ1) is 26.2. The Kier molecular flexibility index (Phi) is 8.61. The fourth-order valence-electron chi connectivity index (χ4n) is 3.17. The first-order chi connectivity index (χ1) is 17.2. The summed E-state index contributed by atoms with van der Waals surface area (Å²) in [5.74, 6) is 0.00673. The zero-order valence-electron chi connectivity index (χ0n) is 19.4. The van der Waals surface area contributed by atoms with Gasteiger partial charge in [0.2, 0.25) is 0 Å². The zero-order valence-corrected chi connectivity index (χ0v) is 19.4. The molecular weight excluding hydrogens is 479 g/mol. The number of nitrogens with one attached hydrogen (secondary N) is 3. The van der Waals surface area contributed by atoms with Gasteiger partial charge in [-0.05, 0) is 35.9 Å². The lowest BCUT2D eigenvalue weighted by Gasteiger charge is -2.15. The van der Waals surface area contributed by atoms with Crippen LogP contribution < -0.4 is 30.2 Å². The van der Waals surface area contributed by atoms with E-state index in [9.17, 15) is 22.8 Å². The highest BCUT2D eigenvalue weighted by Gasteiger charge is 2.31. The second-order valence-electron chi connectivity index (χ2n) is 7.39. The first-order valence-electron chi connectivity index (χ1n) is 10.7. The Bertz CT molecular complexity index is 1200. The van der Waals surface area contributed by atoms with Crippen LogP contribution in [-0.2, 0) is 13.2 Å². The molecule has 3 N–H and O–H groups in total. The van der Waals surface area contributed by atoms with Crippen molar-refractivity contribution in [3.8, 4) is 17.2 Å². The van der Waals surface area contributed by atoms with Gasteiger partial charge in [0, 0.05) is 30.8 Å². The fraction of sp³-hybridized carbons (Fsp3) is 0.200. The van der Waals surface area contributed by atoms with Crippen molar-refractivity contribution in [1.82, 2.24) is 10.6 Å². The quantitative estimate of drug-likeness (QED) is 0.388. The Hall–Kier alpha value is -4.41. The third-order valence-electron chi connectivity index (χ3n) is 4.90. The van der Waals surface area contributed by atoms with Gasteiger partial charge >= 0.3 is 12.4 Å². The number of hydrogen-bond donors (Lipinski definition) is 3. The minimum Gasteiger partial charge on any atom is -0.495 e. The van der Waals surface area contributed by atoms with Crippen LogP contribution in [-0.4, -0.2) is 32.5 Å². The van der Waals surface area contributed by atoms with E-state index in [1.807, 2.05) is 0 Å². The van der Waals surface area contributed by atoms with Crippen molar-refractivity contribution in [3.63, 3.8) is 0 Å². The maximum atomic E-state index is 12.5. The average Bonchev–Trinajstić information content (AvgIpc) is 2.85. The number of anilines is 1. The molecule has 0 atom stereocenters. The van der Waals surface area contributed by atoms with Crippen LogP contribution in [0.1, 0.15) is 21.5 Å². The van der Waals surface area contributed by atoms with Crippen LogP contribution >= 0.6 is 0 Å². The van der Waals surface area contributed by atoms with Gasteiger partial charge < -0.3 is 30.2 Å². The number of para-hydroxylation sites is 1. The third-order valence-corrected chi connectivity index (χ3v) is 4.90. The maximum Gasteiger partial charge on any atom is 0.573 e. The molecule has 3 rings (SSSR count). The topological polar surface area (TPSA) is 97.9 Å². The molecule has 0 bridgehead atoms. The summed E-state index contributed by atoms with van der Waals surface area (Å²) in [5.41, 5.74) is 2.05. The third kappa shape index (κ3) is 7.55. The molecule has 0 aliphatic carbocycles. The molecule has 0 saturated carbocycles. The lowest BCUT2D eigenvalue weighted by Crippen LogP contribution is -2.28. The predicted molar refractivity (Wildman–Crippen MR) is 126 cm³/mol. The molecule has 36 heavy (non-hydrogen) atoms. The number of alkyl halides is 3. The molecule has 0 aliphatic rings. The van der Waals surface area contributed by atoms with Gasteiger partial charge in [0.1, 0.15) is 23.9 Å². The van der Waals surface area contributed by atoms with Crippen LogP contribution in [0.5, 0.6) is 17.2 Å². The molecule has 0 saturated heterocycles. The molecule has 0 aromatic heterocycles. The summed E-state index contributed by atoms with van der Waals surface area (Å²) in [7, 11) is 2.88. The van der Waals surface area contributed by atoms with Crippen molar-refractivity contribution < 1.29 is 37.0 Å². The van der Waals surface area contributed by atoms with Crippen LogP contribution in [0, 0.1) is 0 Å². The van der Waals surface area contributed by atoms with E-state index in [0.29, 0.717) is 16.9 Å². The molecule has 0 unspecified atom stereocenters. The van der Waals surface area contributed by atoms with Crippen molar-refractivity contribution in [2.24, 2.45) is 0 Å². The van der Waals surface area contributed by atoms with E-state index in [-0.39, 0.29) is 30.5 Å². The maximum absolute atomic E-state index is 12.5. The van der Waals surface area contributed by atoms with Gasteiger partial charge in [-0.15, -0.1) is 13.2 Å². The number of urea groups is 1. The highest BCUT2D eigenvalue weighted by atomic mass is 19.4. The van der Waals surface area contributed by atoms with E-state index >= 15 is 0 Å². The summed E-state index contributed by atoms with van der Waals surface area (Å²) in [6, 6.07) is 16.7. The molecule has 0 aliphatic heterocycles. The minimum atomic E-state index is -4.87. The largest absolute Gasteiger partial charge is 0.573 e. The molecule has 0 radical (unpaired) electrons. The molecule has 0 fully saturated rings. The summed E-state index contributed by atoms with van der Waals surface area (Å²) >= 11 is 0. The molecule has 0 heterocycles. The number of carbonyl (C=O) groups is 2. The van der Waals surface area contributed by atoms with Crippen molar-refractivity contribution in [1.29, 1.82) is 0 Å². The second kappa shape index (κ2) is 11.8. The second-order valence-corrected chi connectivity index (χ2v) is 7.39. The van der Waals surface area contributed by atoms with Gasteiger partial charge in [0.25, 0.3) is 5.91 Å². The number of methoxy groups -OCH3 is 1. The smallest absolute Gasteiger partial charge is 0.495 e. The summed E-state index contributed by atoms with van der Waals surface area (Å²) in [6.07, 6.45) is -4.87. The van der Waals surface area contributed by atoms with Crippen LogP contribution in [0.3, 0.4) is 0 Å². The molecular formula is C25H24F3N3O5. The molecule has 8 nitrogen and oxygen atoms in total. The number of carbonyl (C=O) groups excluding carboxylic acids is 2. The zero-order chi connectivity index (χ0) is 26.1.